The minimum absolute atomic E-state index is 0.495. The molecular weight excluding hydrogens is 494 g/mol. The van der Waals surface area contributed by atoms with Crippen LogP contribution in [0.15, 0.2) is 48.5 Å². The highest BCUT2D eigenvalue weighted by Gasteiger charge is 2.38. The zero-order valence-electron chi connectivity index (χ0n) is 24.0. The topological polar surface area (TPSA) is 71.1 Å². The molecule has 0 heterocycles. The Kier molecular flexibility index (Phi) is 9.01. The van der Waals surface area contributed by atoms with E-state index in [1.165, 1.54) is 0 Å². The minimum Gasteiger partial charge on any atom is -0.299 e. The minimum atomic E-state index is -3.57. The predicted molar refractivity (Wildman–Crippen MR) is 150 cm³/mol. The molecule has 0 saturated carbocycles. The van der Waals surface area contributed by atoms with Gasteiger partial charge in [-0.25, -0.2) is 0 Å². The molecule has 2 aromatic rings. The second kappa shape index (κ2) is 10.5. The third-order valence-electron chi connectivity index (χ3n) is 4.28. The zero-order chi connectivity index (χ0) is 27.8. The molecule has 2 aromatic carbocycles. The second-order valence-corrected chi connectivity index (χ2v) is 16.7. The number of hydrogen-bond donors (Lipinski definition) is 0. The molecule has 0 unspecified atom stereocenters. The third-order valence-corrected chi connectivity index (χ3v) is 9.29. The van der Waals surface area contributed by atoms with Gasteiger partial charge < -0.3 is 0 Å². The normalized spacial score (nSPS) is 14.2. The molecule has 0 aliphatic heterocycles. The lowest BCUT2D eigenvalue weighted by molar-refractivity contribution is 0.0533. The quantitative estimate of drug-likeness (QED) is 0.331. The van der Waals surface area contributed by atoms with E-state index >= 15 is 0 Å². The van der Waals surface area contributed by atoms with Gasteiger partial charge in [-0.3, -0.25) is 27.2 Å². The number of rotatable bonds is 7. The van der Waals surface area contributed by atoms with Crippen molar-refractivity contribution in [3.63, 3.8) is 0 Å². The maximum absolute atomic E-state index is 13.8. The third kappa shape index (κ3) is 9.56. The fourth-order valence-electron chi connectivity index (χ4n) is 3.36. The Morgan fingerprint density at radius 3 is 0.778 bits per heavy atom. The van der Waals surface area contributed by atoms with Crippen LogP contribution < -0.4 is 10.6 Å². The van der Waals surface area contributed by atoms with Gasteiger partial charge in [0.15, 0.2) is 0 Å². The van der Waals surface area contributed by atoms with Crippen molar-refractivity contribution in [3.05, 3.63) is 48.5 Å². The van der Waals surface area contributed by atoms with Crippen LogP contribution in [-0.4, -0.2) is 22.4 Å². The molecule has 202 valence electrons. The Morgan fingerprint density at radius 2 is 0.611 bits per heavy atom. The summed E-state index contributed by atoms with van der Waals surface area (Å²) in [5.74, 6) is 0. The van der Waals surface area contributed by atoms with Gasteiger partial charge in [0.25, 0.3) is 0 Å². The van der Waals surface area contributed by atoms with E-state index in [1.807, 2.05) is 107 Å². The molecule has 0 bridgehead atoms. The Bertz CT molecular complexity index is 978. The summed E-state index contributed by atoms with van der Waals surface area (Å²) in [4.78, 5) is 0. The Morgan fingerprint density at radius 1 is 0.417 bits per heavy atom. The van der Waals surface area contributed by atoms with E-state index in [4.69, 9.17) is 18.1 Å². The van der Waals surface area contributed by atoms with Crippen LogP contribution in [-0.2, 0) is 27.2 Å². The van der Waals surface area contributed by atoms with Gasteiger partial charge in [-0.15, -0.1) is 0 Å². The van der Waals surface area contributed by atoms with Gasteiger partial charge in [-0.2, -0.15) is 0 Å². The monoisotopic (exact) mass is 538 g/mol. The van der Waals surface area contributed by atoms with Crippen molar-refractivity contribution in [2.24, 2.45) is 0 Å². The highest BCUT2D eigenvalue weighted by Crippen LogP contribution is 2.54. The summed E-state index contributed by atoms with van der Waals surface area (Å²) >= 11 is 0. The average molecular weight is 539 g/mol. The first-order valence-corrected chi connectivity index (χ1v) is 15.3. The lowest BCUT2D eigenvalue weighted by Gasteiger charge is -2.32. The molecule has 0 atom stereocenters. The zero-order valence-corrected chi connectivity index (χ0v) is 25.8. The van der Waals surface area contributed by atoms with E-state index in [0.717, 1.165) is 11.1 Å². The van der Waals surface area contributed by atoms with Crippen molar-refractivity contribution >= 4 is 25.8 Å². The Labute approximate surface area is 218 Å². The molecule has 0 aliphatic rings. The van der Waals surface area contributed by atoms with Crippen LogP contribution >= 0.6 is 15.2 Å². The van der Waals surface area contributed by atoms with Crippen molar-refractivity contribution in [2.75, 3.05) is 0 Å². The first-order chi connectivity index (χ1) is 16.0. The van der Waals surface area contributed by atoms with Crippen LogP contribution in [0.5, 0.6) is 0 Å². The van der Waals surface area contributed by atoms with Gasteiger partial charge >= 0.3 is 15.2 Å². The first kappa shape index (κ1) is 31.0. The van der Waals surface area contributed by atoms with E-state index in [-0.39, 0.29) is 0 Å². The summed E-state index contributed by atoms with van der Waals surface area (Å²) in [6, 6.07) is 14.6. The van der Waals surface area contributed by atoms with Crippen molar-refractivity contribution in [3.8, 4) is 11.1 Å². The maximum atomic E-state index is 13.8. The molecule has 0 aliphatic carbocycles. The van der Waals surface area contributed by atoms with Crippen LogP contribution in [0.4, 0.5) is 0 Å². The molecule has 8 heteroatoms. The van der Waals surface area contributed by atoms with Gasteiger partial charge in [-0.05, 0) is 118 Å². The highest BCUT2D eigenvalue weighted by atomic mass is 31.2. The summed E-state index contributed by atoms with van der Waals surface area (Å²) in [7, 11) is -7.13. The van der Waals surface area contributed by atoms with E-state index < -0.39 is 37.6 Å². The van der Waals surface area contributed by atoms with Crippen molar-refractivity contribution in [2.45, 2.75) is 105 Å². The largest absolute Gasteiger partial charge is 0.362 e. The van der Waals surface area contributed by atoms with E-state index in [2.05, 4.69) is 0 Å². The smallest absolute Gasteiger partial charge is 0.299 e. The highest BCUT2D eigenvalue weighted by molar-refractivity contribution is 7.62. The fraction of sp³-hybridized carbons (Fsp3) is 0.571. The fourth-order valence-corrected chi connectivity index (χ4v) is 7.77. The van der Waals surface area contributed by atoms with Crippen LogP contribution in [0.1, 0.15) is 83.1 Å². The summed E-state index contributed by atoms with van der Waals surface area (Å²) < 4.78 is 51.3. The summed E-state index contributed by atoms with van der Waals surface area (Å²) in [6.45, 7) is 22.3. The van der Waals surface area contributed by atoms with E-state index in [9.17, 15) is 9.13 Å². The molecular formula is C28H44O6P2. The molecule has 0 radical (unpaired) electrons. The predicted octanol–water partition coefficient (Wildman–Crippen LogP) is 8.25. The van der Waals surface area contributed by atoms with E-state index in [0.29, 0.717) is 10.6 Å². The van der Waals surface area contributed by atoms with Gasteiger partial charge in [0, 0.05) is 0 Å². The van der Waals surface area contributed by atoms with Crippen molar-refractivity contribution < 1.29 is 27.2 Å². The van der Waals surface area contributed by atoms with Crippen molar-refractivity contribution in [1.82, 2.24) is 0 Å². The van der Waals surface area contributed by atoms with Gasteiger partial charge in [0.1, 0.15) is 0 Å². The first-order valence-electron chi connectivity index (χ1n) is 12.3. The van der Waals surface area contributed by atoms with Gasteiger partial charge in [0.05, 0.1) is 33.0 Å². The molecule has 0 N–H and O–H groups in total. The van der Waals surface area contributed by atoms with Crippen LogP contribution in [0.3, 0.4) is 0 Å². The van der Waals surface area contributed by atoms with Crippen LogP contribution in [0, 0.1) is 0 Å². The van der Waals surface area contributed by atoms with Gasteiger partial charge in [0.2, 0.25) is 0 Å². The molecule has 0 saturated heterocycles. The summed E-state index contributed by atoms with van der Waals surface area (Å²) in [5.41, 5.74) is -0.764. The molecule has 6 nitrogen and oxygen atoms in total. The molecule has 0 fully saturated rings. The lowest BCUT2D eigenvalue weighted by Crippen LogP contribution is -2.28. The maximum Gasteiger partial charge on any atom is 0.362 e. The van der Waals surface area contributed by atoms with Crippen LogP contribution in [0.2, 0.25) is 0 Å². The summed E-state index contributed by atoms with van der Waals surface area (Å²) in [6.07, 6.45) is 0. The molecule has 0 spiro atoms. The SMILES string of the molecule is CC(C)(C)OP(=O)(OC(C)(C)C)c1ccc(-c2ccc(P(=O)(OC(C)(C)C)OC(C)(C)C)cc2)cc1. The van der Waals surface area contributed by atoms with Gasteiger partial charge in [-0.1, -0.05) is 24.3 Å². The summed E-state index contributed by atoms with van der Waals surface area (Å²) in [5, 5.41) is 0.990. The molecule has 0 aromatic heterocycles. The Balaban J connectivity index is 2.40. The molecule has 36 heavy (non-hydrogen) atoms. The molecule has 2 rings (SSSR count). The standard InChI is InChI=1S/C28H44O6P2/c1-25(2,3)31-35(29,32-26(4,5)6)23-17-13-21(14-18-23)22-15-19-24(20-16-22)36(30,33-27(7,8)9)34-28(10,11)12/h13-20H,1-12H3. The second-order valence-electron chi connectivity index (χ2n) is 12.9. The Hall–Kier alpha value is -1.26. The molecule has 0 amide bonds. The van der Waals surface area contributed by atoms with E-state index in [1.54, 1.807) is 24.3 Å². The lowest BCUT2D eigenvalue weighted by atomic mass is 10.1. The number of benzene rings is 2. The average Bonchev–Trinajstić information content (AvgIpc) is 2.62. The number of hydrogen-bond acceptors (Lipinski definition) is 6. The van der Waals surface area contributed by atoms with Crippen molar-refractivity contribution in [1.29, 1.82) is 0 Å². The van der Waals surface area contributed by atoms with Crippen LogP contribution in [0.25, 0.3) is 11.1 Å².